The van der Waals surface area contributed by atoms with E-state index in [4.69, 9.17) is 0 Å². The lowest BCUT2D eigenvalue weighted by Crippen LogP contribution is -1.98. The SMILES string of the molecule is C1=CC2=C(CC1)c1ccc3c4cc(-c5cc(-c6ccccc6)cc(-c6ccccc6)c5)ccc4n(-c4cccc5c4sc4ccccc45)c3c1C2. The van der Waals surface area contributed by atoms with Crippen LogP contribution in [-0.4, -0.2) is 4.57 Å². The number of hydrogen-bond donors (Lipinski definition) is 0. The van der Waals surface area contributed by atoms with Gasteiger partial charge in [-0.15, -0.1) is 11.3 Å². The fraction of sp³-hybridized carbons (Fsp3) is 0.0612. The van der Waals surface area contributed by atoms with Gasteiger partial charge in [0.25, 0.3) is 0 Å². The zero-order valence-electron chi connectivity index (χ0n) is 28.1. The minimum Gasteiger partial charge on any atom is -0.307 e. The Labute approximate surface area is 301 Å². The van der Waals surface area contributed by atoms with Gasteiger partial charge in [0.05, 0.1) is 21.4 Å². The van der Waals surface area contributed by atoms with Gasteiger partial charge in [0.15, 0.2) is 0 Å². The molecular weight excluding hydrogens is 635 g/mol. The minimum absolute atomic E-state index is 0.990. The van der Waals surface area contributed by atoms with Crippen LogP contribution in [0.5, 0.6) is 0 Å². The molecule has 0 bridgehead atoms. The van der Waals surface area contributed by atoms with Crippen LogP contribution in [0.2, 0.25) is 0 Å². The molecule has 2 heterocycles. The molecule has 240 valence electrons. The van der Waals surface area contributed by atoms with Crippen molar-refractivity contribution in [3.63, 3.8) is 0 Å². The van der Waals surface area contributed by atoms with Crippen LogP contribution in [0.3, 0.4) is 0 Å². The summed E-state index contributed by atoms with van der Waals surface area (Å²) >= 11 is 1.91. The van der Waals surface area contributed by atoms with E-state index in [-0.39, 0.29) is 0 Å². The van der Waals surface area contributed by atoms with E-state index in [0.717, 1.165) is 19.3 Å². The summed E-state index contributed by atoms with van der Waals surface area (Å²) in [6.07, 6.45) is 7.98. The smallest absolute Gasteiger partial charge is 0.0641 e. The second kappa shape index (κ2) is 11.3. The van der Waals surface area contributed by atoms with Crippen molar-refractivity contribution >= 4 is 58.9 Å². The Morgan fingerprint density at radius 3 is 2.00 bits per heavy atom. The van der Waals surface area contributed by atoms with Crippen LogP contribution in [0.1, 0.15) is 24.0 Å². The fourth-order valence-corrected chi connectivity index (χ4v) is 9.95. The zero-order chi connectivity index (χ0) is 33.5. The predicted molar refractivity (Wildman–Crippen MR) is 219 cm³/mol. The standard InChI is InChI=1S/C49H33NS/c1-3-12-31(13-4-1)35-26-36(32-14-5-2-6-15-32)28-37(27-35)33-22-25-45-43(29-33)41-24-23-39-38-17-8-7-16-34(38)30-44(39)48(41)50(45)46-20-11-19-42-40-18-9-10-21-47(40)51-49(42)46/h1-7,9-16,18-29H,8,17,30H2. The Morgan fingerprint density at radius 1 is 0.510 bits per heavy atom. The van der Waals surface area contributed by atoms with Crippen molar-refractivity contribution in [2.24, 2.45) is 0 Å². The predicted octanol–water partition coefficient (Wildman–Crippen LogP) is 13.8. The molecular formula is C49H33NS. The number of benzene rings is 7. The molecule has 1 nitrogen and oxygen atoms in total. The second-order valence-electron chi connectivity index (χ2n) is 14.0. The lowest BCUT2D eigenvalue weighted by Gasteiger charge is -2.13. The van der Waals surface area contributed by atoms with E-state index < -0.39 is 0 Å². The van der Waals surface area contributed by atoms with Gasteiger partial charge >= 0.3 is 0 Å². The van der Waals surface area contributed by atoms with Crippen LogP contribution in [-0.2, 0) is 6.42 Å². The van der Waals surface area contributed by atoms with Crippen molar-refractivity contribution in [3.05, 3.63) is 181 Å². The van der Waals surface area contributed by atoms with Gasteiger partial charge in [-0.1, -0.05) is 121 Å². The van der Waals surface area contributed by atoms with E-state index in [1.807, 2.05) is 11.3 Å². The summed E-state index contributed by atoms with van der Waals surface area (Å²) in [4.78, 5) is 0. The first-order valence-corrected chi connectivity index (χ1v) is 18.8. The van der Waals surface area contributed by atoms with E-state index >= 15 is 0 Å². The van der Waals surface area contributed by atoms with Crippen LogP contribution >= 0.6 is 11.3 Å². The lowest BCUT2D eigenvalue weighted by atomic mass is 9.92. The van der Waals surface area contributed by atoms with Gasteiger partial charge in [0, 0.05) is 32.7 Å². The molecule has 2 aromatic heterocycles. The molecule has 0 unspecified atom stereocenters. The summed E-state index contributed by atoms with van der Waals surface area (Å²) in [7, 11) is 0. The first-order valence-electron chi connectivity index (χ1n) is 17.9. The summed E-state index contributed by atoms with van der Waals surface area (Å²) in [5, 5.41) is 5.30. The Morgan fingerprint density at radius 2 is 1.22 bits per heavy atom. The largest absolute Gasteiger partial charge is 0.307 e. The van der Waals surface area contributed by atoms with Crippen LogP contribution in [0.15, 0.2) is 169 Å². The molecule has 2 aliphatic carbocycles. The molecule has 0 N–H and O–H groups in total. The van der Waals surface area contributed by atoms with E-state index in [2.05, 4.69) is 168 Å². The minimum atomic E-state index is 0.990. The molecule has 2 aliphatic rings. The van der Waals surface area contributed by atoms with Gasteiger partial charge in [-0.3, -0.25) is 0 Å². The van der Waals surface area contributed by atoms with Crippen molar-refractivity contribution in [1.29, 1.82) is 0 Å². The lowest BCUT2D eigenvalue weighted by molar-refractivity contribution is 1.04. The topological polar surface area (TPSA) is 4.93 Å². The van der Waals surface area contributed by atoms with Gasteiger partial charge in [0.1, 0.15) is 0 Å². The third-order valence-corrected chi connectivity index (χ3v) is 12.3. The van der Waals surface area contributed by atoms with Crippen LogP contribution in [0.4, 0.5) is 0 Å². The highest BCUT2D eigenvalue weighted by atomic mass is 32.1. The molecule has 0 saturated carbocycles. The van der Waals surface area contributed by atoms with Gasteiger partial charge in [0.2, 0.25) is 0 Å². The van der Waals surface area contributed by atoms with Crippen LogP contribution in [0, 0.1) is 0 Å². The number of thiophene rings is 1. The monoisotopic (exact) mass is 667 g/mol. The van der Waals surface area contributed by atoms with Crippen molar-refractivity contribution < 1.29 is 0 Å². The molecule has 0 fully saturated rings. The molecule has 0 spiro atoms. The second-order valence-corrected chi connectivity index (χ2v) is 15.0. The number of rotatable bonds is 4. The van der Waals surface area contributed by atoms with Crippen LogP contribution in [0.25, 0.3) is 86.6 Å². The molecule has 9 aromatic rings. The Kier molecular flexibility index (Phi) is 6.38. The molecule has 0 amide bonds. The molecule has 0 radical (unpaired) electrons. The van der Waals surface area contributed by atoms with Crippen molar-refractivity contribution in [3.8, 4) is 39.1 Å². The van der Waals surface area contributed by atoms with E-state index in [0.29, 0.717) is 0 Å². The number of fused-ring (bicyclic) bond motifs is 9. The summed E-state index contributed by atoms with van der Waals surface area (Å²) in [5.41, 5.74) is 17.2. The van der Waals surface area contributed by atoms with Gasteiger partial charge in [-0.2, -0.15) is 0 Å². The average molecular weight is 668 g/mol. The average Bonchev–Trinajstić information content (AvgIpc) is 3.88. The summed E-state index contributed by atoms with van der Waals surface area (Å²) in [5.74, 6) is 0. The summed E-state index contributed by atoms with van der Waals surface area (Å²) in [6.45, 7) is 0. The highest BCUT2D eigenvalue weighted by Crippen LogP contribution is 2.47. The fourth-order valence-electron chi connectivity index (χ4n) is 8.74. The van der Waals surface area contributed by atoms with Gasteiger partial charge < -0.3 is 4.57 Å². The number of hydrogen-bond acceptors (Lipinski definition) is 1. The van der Waals surface area contributed by atoms with E-state index in [1.54, 1.807) is 0 Å². The highest BCUT2D eigenvalue weighted by molar-refractivity contribution is 7.26. The van der Waals surface area contributed by atoms with Gasteiger partial charge in [-0.25, -0.2) is 0 Å². The number of nitrogens with zero attached hydrogens (tertiary/aromatic N) is 1. The van der Waals surface area contributed by atoms with Crippen LogP contribution < -0.4 is 0 Å². The molecule has 0 saturated heterocycles. The third kappa shape index (κ3) is 4.46. The van der Waals surface area contributed by atoms with Crippen molar-refractivity contribution in [1.82, 2.24) is 4.57 Å². The number of allylic oxidation sites excluding steroid dienone is 4. The quantitative estimate of drug-likeness (QED) is 0.176. The molecule has 11 rings (SSSR count). The maximum absolute atomic E-state index is 2.60. The Hall–Kier alpha value is -5.96. The molecule has 51 heavy (non-hydrogen) atoms. The third-order valence-electron chi connectivity index (χ3n) is 11.1. The molecule has 2 heteroatoms. The van der Waals surface area contributed by atoms with E-state index in [1.165, 1.54) is 103 Å². The Bertz CT molecular complexity index is 2860. The highest BCUT2D eigenvalue weighted by Gasteiger charge is 2.27. The first kappa shape index (κ1) is 28.8. The first-order chi connectivity index (χ1) is 25.3. The van der Waals surface area contributed by atoms with Crippen molar-refractivity contribution in [2.45, 2.75) is 19.3 Å². The molecule has 0 atom stereocenters. The van der Waals surface area contributed by atoms with E-state index in [9.17, 15) is 0 Å². The molecule has 7 aromatic carbocycles. The normalized spacial score (nSPS) is 13.9. The maximum Gasteiger partial charge on any atom is 0.0641 e. The van der Waals surface area contributed by atoms with Crippen molar-refractivity contribution in [2.75, 3.05) is 0 Å². The summed E-state index contributed by atoms with van der Waals surface area (Å²) < 4.78 is 5.28. The van der Waals surface area contributed by atoms with Gasteiger partial charge in [-0.05, 0) is 111 Å². The molecule has 0 aliphatic heterocycles. The number of aromatic nitrogens is 1. The maximum atomic E-state index is 2.60. The zero-order valence-corrected chi connectivity index (χ0v) is 28.9. The summed E-state index contributed by atoms with van der Waals surface area (Å²) in [6, 6.07) is 56.3. The Balaban J connectivity index is 1.19.